The third-order valence-electron chi connectivity index (χ3n) is 1.32. The highest BCUT2D eigenvalue weighted by Gasteiger charge is 1.87. The zero-order valence-corrected chi connectivity index (χ0v) is 8.56. The zero-order chi connectivity index (χ0) is 8.81. The second-order valence-corrected chi connectivity index (χ2v) is 3.20. The number of hydrogen-bond acceptors (Lipinski definition) is 1. The Morgan fingerprint density at radius 1 is 1.50 bits per heavy atom. The summed E-state index contributed by atoms with van der Waals surface area (Å²) >= 11 is 3.31. The molecule has 0 spiro atoms. The van der Waals surface area contributed by atoms with Crippen LogP contribution in [-0.2, 0) is 0 Å². The molecule has 0 aliphatic heterocycles. The summed E-state index contributed by atoms with van der Waals surface area (Å²) in [6.45, 7) is 1.97. The van der Waals surface area contributed by atoms with Crippen molar-refractivity contribution in [3.8, 4) is 11.8 Å². The summed E-state index contributed by atoms with van der Waals surface area (Å²) in [5.74, 6) is 6.01. The fourth-order valence-corrected chi connectivity index (χ4v) is 1.01. The van der Waals surface area contributed by atoms with Gasteiger partial charge in [-0.3, -0.25) is 0 Å². The summed E-state index contributed by atoms with van der Waals surface area (Å²) in [6.07, 6.45) is 0.871. The van der Waals surface area contributed by atoms with Crippen LogP contribution in [0.2, 0.25) is 0 Å². The molecule has 0 radical (unpaired) electrons. The van der Waals surface area contributed by atoms with Crippen LogP contribution in [0.5, 0.6) is 0 Å². The Labute approximate surface area is 81.3 Å². The summed E-state index contributed by atoms with van der Waals surface area (Å²) in [6, 6.07) is 5.87. The molecular formula is C10H10BrN. The van der Waals surface area contributed by atoms with Crippen molar-refractivity contribution >= 4 is 15.9 Å². The SMILES string of the molecule is Cc1cccc(C#CCCBr)n1. The molecule has 0 amide bonds. The number of nitrogens with zero attached hydrogens (tertiary/aromatic N) is 1. The molecule has 0 aromatic carbocycles. The Hall–Kier alpha value is -0.810. The van der Waals surface area contributed by atoms with E-state index in [1.807, 2.05) is 25.1 Å². The van der Waals surface area contributed by atoms with Gasteiger partial charge in [-0.25, -0.2) is 4.98 Å². The molecule has 0 N–H and O–H groups in total. The van der Waals surface area contributed by atoms with Crippen LogP contribution in [0.3, 0.4) is 0 Å². The van der Waals surface area contributed by atoms with Gasteiger partial charge >= 0.3 is 0 Å². The van der Waals surface area contributed by atoms with Crippen molar-refractivity contribution in [3.63, 3.8) is 0 Å². The minimum absolute atomic E-state index is 0.857. The second kappa shape index (κ2) is 4.95. The van der Waals surface area contributed by atoms with E-state index in [0.29, 0.717) is 0 Å². The average molecular weight is 224 g/mol. The van der Waals surface area contributed by atoms with E-state index in [4.69, 9.17) is 0 Å². The van der Waals surface area contributed by atoms with Gasteiger partial charge in [-0.05, 0) is 25.0 Å². The van der Waals surface area contributed by atoms with E-state index in [9.17, 15) is 0 Å². The normalized spacial score (nSPS) is 8.83. The molecule has 2 heteroatoms. The van der Waals surface area contributed by atoms with Crippen molar-refractivity contribution in [2.75, 3.05) is 5.33 Å². The van der Waals surface area contributed by atoms with Crippen molar-refractivity contribution < 1.29 is 0 Å². The largest absolute Gasteiger partial charge is 0.245 e. The molecule has 1 aromatic rings. The Bertz CT molecular complexity index is 309. The minimum Gasteiger partial charge on any atom is -0.245 e. The maximum Gasteiger partial charge on any atom is 0.113 e. The number of aryl methyl sites for hydroxylation is 1. The molecule has 0 aliphatic carbocycles. The van der Waals surface area contributed by atoms with Gasteiger partial charge in [0.2, 0.25) is 0 Å². The molecule has 1 rings (SSSR count). The average Bonchev–Trinajstić information content (AvgIpc) is 2.05. The first-order chi connectivity index (χ1) is 5.83. The molecule has 12 heavy (non-hydrogen) atoms. The van der Waals surface area contributed by atoms with Crippen LogP contribution in [0.25, 0.3) is 0 Å². The highest BCUT2D eigenvalue weighted by atomic mass is 79.9. The van der Waals surface area contributed by atoms with Crippen LogP contribution in [0.15, 0.2) is 18.2 Å². The van der Waals surface area contributed by atoms with Crippen LogP contribution in [0.4, 0.5) is 0 Å². The summed E-state index contributed by atoms with van der Waals surface area (Å²) in [7, 11) is 0. The maximum atomic E-state index is 4.26. The van der Waals surface area contributed by atoms with E-state index in [0.717, 1.165) is 23.1 Å². The molecule has 1 aromatic heterocycles. The van der Waals surface area contributed by atoms with Gasteiger partial charge in [-0.2, -0.15) is 0 Å². The number of hydrogen-bond donors (Lipinski definition) is 0. The fourth-order valence-electron chi connectivity index (χ4n) is 0.813. The van der Waals surface area contributed by atoms with Gasteiger partial charge in [0.15, 0.2) is 0 Å². The van der Waals surface area contributed by atoms with Crippen LogP contribution in [-0.4, -0.2) is 10.3 Å². The Kier molecular flexibility index (Phi) is 3.83. The van der Waals surface area contributed by atoms with Gasteiger partial charge in [0.25, 0.3) is 0 Å². The van der Waals surface area contributed by atoms with Crippen molar-refractivity contribution in [3.05, 3.63) is 29.6 Å². The fraction of sp³-hybridized carbons (Fsp3) is 0.300. The summed E-state index contributed by atoms with van der Waals surface area (Å²) in [5.41, 5.74) is 1.87. The third kappa shape index (κ3) is 3.06. The van der Waals surface area contributed by atoms with Gasteiger partial charge in [-0.1, -0.05) is 27.9 Å². The van der Waals surface area contributed by atoms with E-state index in [-0.39, 0.29) is 0 Å². The number of alkyl halides is 1. The standard InChI is InChI=1S/C10H10BrN/c1-9-5-4-7-10(12-9)6-2-3-8-11/h4-5,7H,3,8H2,1H3. The molecule has 0 saturated carbocycles. The topological polar surface area (TPSA) is 12.9 Å². The Balaban J connectivity index is 2.71. The van der Waals surface area contributed by atoms with Crippen LogP contribution < -0.4 is 0 Å². The first-order valence-electron chi connectivity index (χ1n) is 3.81. The van der Waals surface area contributed by atoms with E-state index in [1.165, 1.54) is 0 Å². The predicted molar refractivity (Wildman–Crippen MR) is 54.3 cm³/mol. The van der Waals surface area contributed by atoms with Gasteiger partial charge in [-0.15, -0.1) is 0 Å². The summed E-state index contributed by atoms with van der Waals surface area (Å²) in [4.78, 5) is 4.26. The van der Waals surface area contributed by atoms with Crippen molar-refractivity contribution in [2.24, 2.45) is 0 Å². The van der Waals surface area contributed by atoms with Crippen LogP contribution in [0.1, 0.15) is 17.8 Å². The van der Waals surface area contributed by atoms with E-state index in [1.54, 1.807) is 0 Å². The molecule has 1 heterocycles. The number of aromatic nitrogens is 1. The van der Waals surface area contributed by atoms with E-state index < -0.39 is 0 Å². The summed E-state index contributed by atoms with van der Waals surface area (Å²) < 4.78 is 0. The van der Waals surface area contributed by atoms with Gasteiger partial charge in [0.05, 0.1) is 0 Å². The van der Waals surface area contributed by atoms with Crippen molar-refractivity contribution in [1.29, 1.82) is 0 Å². The molecule has 0 aliphatic rings. The van der Waals surface area contributed by atoms with Gasteiger partial charge in [0, 0.05) is 17.4 Å². The molecule has 0 atom stereocenters. The smallest absolute Gasteiger partial charge is 0.113 e. The number of halogens is 1. The molecule has 1 nitrogen and oxygen atoms in total. The number of pyridine rings is 1. The molecule has 0 bridgehead atoms. The van der Waals surface area contributed by atoms with Crippen molar-refractivity contribution in [2.45, 2.75) is 13.3 Å². The highest BCUT2D eigenvalue weighted by molar-refractivity contribution is 9.09. The van der Waals surface area contributed by atoms with Crippen LogP contribution >= 0.6 is 15.9 Å². The maximum absolute atomic E-state index is 4.26. The van der Waals surface area contributed by atoms with Crippen molar-refractivity contribution in [1.82, 2.24) is 4.98 Å². The lowest BCUT2D eigenvalue weighted by Crippen LogP contribution is -1.84. The molecular weight excluding hydrogens is 214 g/mol. The molecule has 0 fully saturated rings. The lowest BCUT2D eigenvalue weighted by atomic mass is 10.3. The van der Waals surface area contributed by atoms with E-state index >= 15 is 0 Å². The molecule has 0 saturated heterocycles. The van der Waals surface area contributed by atoms with Crippen LogP contribution in [0, 0.1) is 18.8 Å². The lowest BCUT2D eigenvalue weighted by Gasteiger charge is -1.90. The zero-order valence-electron chi connectivity index (χ0n) is 6.97. The monoisotopic (exact) mass is 223 g/mol. The third-order valence-corrected chi connectivity index (χ3v) is 1.72. The Morgan fingerprint density at radius 2 is 2.33 bits per heavy atom. The van der Waals surface area contributed by atoms with Gasteiger partial charge < -0.3 is 0 Å². The number of rotatable bonds is 1. The predicted octanol–water partition coefficient (Wildman–Crippen LogP) is 2.53. The van der Waals surface area contributed by atoms with E-state index in [2.05, 4.69) is 32.8 Å². The molecule has 62 valence electrons. The summed E-state index contributed by atoms with van der Waals surface area (Å²) in [5, 5.41) is 0.922. The Morgan fingerprint density at radius 3 is 3.00 bits per heavy atom. The minimum atomic E-state index is 0.857. The first kappa shape index (κ1) is 9.28. The molecule has 0 unspecified atom stereocenters. The first-order valence-corrected chi connectivity index (χ1v) is 4.93. The second-order valence-electron chi connectivity index (χ2n) is 2.40. The quantitative estimate of drug-likeness (QED) is 0.527. The van der Waals surface area contributed by atoms with Gasteiger partial charge in [0.1, 0.15) is 5.69 Å². The highest BCUT2D eigenvalue weighted by Crippen LogP contribution is 1.95. The lowest BCUT2D eigenvalue weighted by molar-refractivity contribution is 1.17.